The second-order valence-corrected chi connectivity index (χ2v) is 4.86. The molecule has 0 aliphatic heterocycles. The monoisotopic (exact) mass is 248 g/mol. The lowest BCUT2D eigenvalue weighted by Gasteiger charge is -2.11. The van der Waals surface area contributed by atoms with E-state index in [2.05, 4.69) is 56.5 Å². The van der Waals surface area contributed by atoms with Crippen LogP contribution in [-0.4, -0.2) is 0 Å². The maximum Gasteiger partial charge on any atom is -0.0187 e. The first-order valence-electron chi connectivity index (χ1n) is 6.66. The topological polar surface area (TPSA) is 0 Å². The molecule has 0 radical (unpaired) electrons. The molecule has 0 N–H and O–H groups in total. The molecule has 0 heterocycles. The highest BCUT2D eigenvalue weighted by Crippen LogP contribution is 2.25. The number of hydrogen-bond donors (Lipinski definition) is 0. The molecule has 19 heavy (non-hydrogen) atoms. The van der Waals surface area contributed by atoms with E-state index < -0.39 is 0 Å². The van der Waals surface area contributed by atoms with Crippen LogP contribution in [0.25, 0.3) is 5.57 Å². The maximum atomic E-state index is 4.18. The van der Waals surface area contributed by atoms with E-state index in [4.69, 9.17) is 0 Å². The van der Waals surface area contributed by atoms with Crippen LogP contribution in [-0.2, 0) is 0 Å². The average Bonchev–Trinajstić information content (AvgIpc) is 2.48. The molecule has 0 amide bonds. The van der Waals surface area contributed by atoms with E-state index in [1.54, 1.807) is 0 Å². The number of allylic oxidation sites excluding steroid dienone is 8. The number of hydrogen-bond acceptors (Lipinski definition) is 0. The highest BCUT2D eigenvalue weighted by atomic mass is 14.1. The minimum Gasteiger partial charge on any atom is -0.0915 e. The third-order valence-electron chi connectivity index (χ3n) is 3.42. The summed E-state index contributed by atoms with van der Waals surface area (Å²) in [4.78, 5) is 0. The van der Waals surface area contributed by atoms with Crippen LogP contribution in [0.5, 0.6) is 0 Å². The van der Waals surface area contributed by atoms with Gasteiger partial charge >= 0.3 is 0 Å². The molecular weight excluding hydrogens is 228 g/mol. The molecule has 0 bridgehead atoms. The summed E-state index contributed by atoms with van der Waals surface area (Å²) in [6, 6.07) is 10.3. The van der Waals surface area contributed by atoms with Crippen molar-refractivity contribution in [1.82, 2.24) is 0 Å². The fraction of sp³-hybridized carbons (Fsp3) is 0.158. The molecule has 0 aromatic heterocycles. The Hall–Kier alpha value is -2.08. The molecule has 1 aromatic rings. The Morgan fingerprint density at radius 1 is 1.16 bits per heavy atom. The molecule has 0 nitrogen and oxygen atoms in total. The van der Waals surface area contributed by atoms with Crippen molar-refractivity contribution in [2.75, 3.05) is 0 Å². The second kappa shape index (κ2) is 6.19. The van der Waals surface area contributed by atoms with Crippen LogP contribution >= 0.6 is 0 Å². The van der Waals surface area contributed by atoms with Crippen molar-refractivity contribution in [3.05, 3.63) is 90.1 Å². The van der Waals surface area contributed by atoms with Gasteiger partial charge in [0.15, 0.2) is 0 Å². The summed E-state index contributed by atoms with van der Waals surface area (Å²) in [6.45, 7) is 10.5. The van der Waals surface area contributed by atoms with Gasteiger partial charge in [-0.25, -0.2) is 0 Å². The Balaban J connectivity index is 2.15. The third-order valence-corrected chi connectivity index (χ3v) is 3.42. The van der Waals surface area contributed by atoms with E-state index in [-0.39, 0.29) is 0 Å². The minimum absolute atomic E-state index is 1.06. The first-order chi connectivity index (χ1) is 9.18. The van der Waals surface area contributed by atoms with Gasteiger partial charge in [0.25, 0.3) is 0 Å². The van der Waals surface area contributed by atoms with Crippen molar-refractivity contribution in [3.63, 3.8) is 0 Å². The van der Waals surface area contributed by atoms with Gasteiger partial charge in [-0.05, 0) is 47.6 Å². The summed E-state index contributed by atoms with van der Waals surface area (Å²) >= 11 is 0. The molecule has 0 saturated carbocycles. The molecule has 96 valence electrons. The van der Waals surface area contributed by atoms with Gasteiger partial charge in [-0.3, -0.25) is 0 Å². The lowest BCUT2D eigenvalue weighted by atomic mass is 9.94. The quantitative estimate of drug-likeness (QED) is 0.619. The summed E-state index contributed by atoms with van der Waals surface area (Å²) in [5.74, 6) is 0. The molecule has 0 saturated heterocycles. The van der Waals surface area contributed by atoms with Gasteiger partial charge in [-0.2, -0.15) is 0 Å². The van der Waals surface area contributed by atoms with Crippen LogP contribution in [0.4, 0.5) is 0 Å². The van der Waals surface area contributed by atoms with Gasteiger partial charge in [-0.15, -0.1) is 0 Å². The van der Waals surface area contributed by atoms with E-state index in [9.17, 15) is 0 Å². The summed E-state index contributed by atoms with van der Waals surface area (Å²) in [6.07, 6.45) is 10.8. The van der Waals surface area contributed by atoms with Crippen molar-refractivity contribution in [3.8, 4) is 0 Å². The van der Waals surface area contributed by atoms with Gasteiger partial charge in [-0.1, -0.05) is 67.8 Å². The first-order valence-corrected chi connectivity index (χ1v) is 6.66. The normalized spacial score (nSPS) is 15.0. The first kappa shape index (κ1) is 13.4. The Kier molecular flexibility index (Phi) is 4.35. The molecule has 1 aliphatic carbocycles. The van der Waals surface area contributed by atoms with Crippen LogP contribution in [0.3, 0.4) is 0 Å². The van der Waals surface area contributed by atoms with Gasteiger partial charge < -0.3 is 0 Å². The Morgan fingerprint density at radius 2 is 1.89 bits per heavy atom. The molecule has 0 unspecified atom stereocenters. The second-order valence-electron chi connectivity index (χ2n) is 4.86. The van der Waals surface area contributed by atoms with E-state index >= 15 is 0 Å². The summed E-state index contributed by atoms with van der Waals surface area (Å²) < 4.78 is 0. The Morgan fingerprint density at radius 3 is 2.53 bits per heavy atom. The SMILES string of the molecule is C=C(/C=C(/C)C(=C)c1ccccc1)C1=CC=CCC1. The van der Waals surface area contributed by atoms with E-state index in [1.807, 2.05) is 18.2 Å². The van der Waals surface area contributed by atoms with E-state index in [1.165, 1.54) is 16.7 Å². The Bertz CT molecular complexity index is 565. The lowest BCUT2D eigenvalue weighted by Crippen LogP contribution is -1.91. The van der Waals surface area contributed by atoms with E-state index in [0.29, 0.717) is 0 Å². The fourth-order valence-electron chi connectivity index (χ4n) is 2.18. The number of rotatable bonds is 4. The van der Waals surface area contributed by atoms with Gasteiger partial charge in [0.05, 0.1) is 0 Å². The average molecular weight is 248 g/mol. The third kappa shape index (κ3) is 3.45. The van der Waals surface area contributed by atoms with Crippen LogP contribution < -0.4 is 0 Å². The molecule has 0 spiro atoms. The standard InChI is InChI=1S/C19H20/c1-15(17(3)19-12-8-5-9-13-19)14-16(2)18-10-6-4-7-11-18/h4-6,8-10,12-14H,2-3,7,11H2,1H3/b15-14-. The van der Waals surface area contributed by atoms with Crippen LogP contribution in [0, 0.1) is 0 Å². The van der Waals surface area contributed by atoms with Gasteiger partial charge in [0, 0.05) is 0 Å². The van der Waals surface area contributed by atoms with Crippen LogP contribution in [0.1, 0.15) is 25.3 Å². The molecule has 0 fully saturated rings. The fourth-order valence-corrected chi connectivity index (χ4v) is 2.18. The predicted molar refractivity (Wildman–Crippen MR) is 84.8 cm³/mol. The molecule has 1 aromatic carbocycles. The zero-order valence-corrected chi connectivity index (χ0v) is 11.5. The van der Waals surface area contributed by atoms with Gasteiger partial charge in [0.2, 0.25) is 0 Å². The maximum absolute atomic E-state index is 4.18. The lowest BCUT2D eigenvalue weighted by molar-refractivity contribution is 0.979. The van der Waals surface area contributed by atoms with Crippen molar-refractivity contribution >= 4 is 5.57 Å². The zero-order valence-electron chi connectivity index (χ0n) is 11.5. The minimum atomic E-state index is 1.06. The van der Waals surface area contributed by atoms with E-state index in [0.717, 1.165) is 24.0 Å². The molecular formula is C19H20. The zero-order chi connectivity index (χ0) is 13.7. The Labute approximate surface area is 116 Å². The predicted octanol–water partition coefficient (Wildman–Crippen LogP) is 5.48. The molecule has 2 rings (SSSR count). The van der Waals surface area contributed by atoms with Crippen LogP contribution in [0.2, 0.25) is 0 Å². The summed E-state index contributed by atoms with van der Waals surface area (Å²) in [5.41, 5.74) is 5.82. The number of benzene rings is 1. The largest absolute Gasteiger partial charge is 0.0915 e. The van der Waals surface area contributed by atoms with Crippen LogP contribution in [0.15, 0.2) is 84.5 Å². The molecule has 0 heteroatoms. The van der Waals surface area contributed by atoms with Crippen molar-refractivity contribution in [2.45, 2.75) is 19.8 Å². The van der Waals surface area contributed by atoms with Gasteiger partial charge in [0.1, 0.15) is 0 Å². The summed E-state index contributed by atoms with van der Waals surface area (Å²) in [7, 11) is 0. The molecule has 0 atom stereocenters. The molecule has 1 aliphatic rings. The van der Waals surface area contributed by atoms with Crippen molar-refractivity contribution in [2.24, 2.45) is 0 Å². The van der Waals surface area contributed by atoms with Crippen molar-refractivity contribution in [1.29, 1.82) is 0 Å². The highest BCUT2D eigenvalue weighted by Gasteiger charge is 2.05. The smallest absolute Gasteiger partial charge is 0.0187 e. The summed E-state index contributed by atoms with van der Waals surface area (Å²) in [5, 5.41) is 0. The highest BCUT2D eigenvalue weighted by molar-refractivity contribution is 5.77. The van der Waals surface area contributed by atoms with Crippen molar-refractivity contribution < 1.29 is 0 Å².